The Balaban J connectivity index is 1.96. The van der Waals surface area contributed by atoms with E-state index in [0.29, 0.717) is 0 Å². The van der Waals surface area contributed by atoms with Crippen LogP contribution < -0.4 is 0 Å². The van der Waals surface area contributed by atoms with E-state index in [1.54, 1.807) is 27.7 Å². The molecule has 4 atom stereocenters. The molecular weight excluding hydrogens is 448 g/mol. The topological polar surface area (TPSA) is 140 Å². The minimum atomic E-state index is -2.69. The van der Waals surface area contributed by atoms with Crippen LogP contribution in [-0.4, -0.2) is 117 Å². The van der Waals surface area contributed by atoms with Gasteiger partial charge in [0.25, 0.3) is 11.8 Å². The van der Waals surface area contributed by atoms with Gasteiger partial charge in [0.1, 0.15) is 12.3 Å². The number of rotatable bonds is 4. The van der Waals surface area contributed by atoms with Gasteiger partial charge in [-0.1, -0.05) is 27.7 Å². The van der Waals surface area contributed by atoms with Crippen LogP contribution in [0.4, 0.5) is 0 Å². The Morgan fingerprint density at radius 3 is 1.47 bits per heavy atom. The van der Waals surface area contributed by atoms with Gasteiger partial charge in [0, 0.05) is 31.6 Å². The summed E-state index contributed by atoms with van der Waals surface area (Å²) in [4.78, 5) is 58.8. The quantitative estimate of drug-likeness (QED) is 0.360. The van der Waals surface area contributed by atoms with Crippen molar-refractivity contribution in [2.75, 3.05) is 39.4 Å². The van der Waals surface area contributed by atoms with Crippen LogP contribution in [0.5, 0.6) is 0 Å². The van der Waals surface area contributed by atoms with Gasteiger partial charge in [-0.2, -0.15) is 0 Å². The van der Waals surface area contributed by atoms with Crippen molar-refractivity contribution in [1.29, 1.82) is 0 Å². The summed E-state index contributed by atoms with van der Waals surface area (Å²) in [5, 5.41) is 23.4. The minimum absolute atomic E-state index is 0.0632. The van der Waals surface area contributed by atoms with E-state index < -0.39 is 58.4 Å². The van der Waals surface area contributed by atoms with Crippen LogP contribution >= 0.6 is 0 Å². The van der Waals surface area contributed by atoms with Crippen LogP contribution in [0, 0.1) is 10.8 Å². The fourth-order valence-corrected chi connectivity index (χ4v) is 5.81. The SMILES string of the molecule is CCOC(=O)[C@@]1(O)C(=O)N2CC(C)(C)CN3C(=O)[C@@](O)(C(=O)OCC)N4CC(C)(C)CN1C4C23. The molecule has 4 fully saturated rings. The van der Waals surface area contributed by atoms with E-state index in [2.05, 4.69) is 0 Å². The maximum absolute atomic E-state index is 13.8. The summed E-state index contributed by atoms with van der Waals surface area (Å²) in [6.45, 7) is 10.7. The summed E-state index contributed by atoms with van der Waals surface area (Å²) in [6, 6.07) is 0. The number of hydrogen-bond acceptors (Lipinski definition) is 10. The molecule has 4 aliphatic rings. The predicted molar refractivity (Wildman–Crippen MR) is 115 cm³/mol. The zero-order chi connectivity index (χ0) is 25.4. The molecule has 0 aliphatic carbocycles. The molecule has 2 amide bonds. The molecule has 2 unspecified atom stereocenters. The fraction of sp³-hybridized carbons (Fsp3) is 0.818. The van der Waals surface area contributed by atoms with Gasteiger partial charge in [0.05, 0.1) is 13.2 Å². The molecule has 0 saturated carbocycles. The maximum Gasteiger partial charge on any atom is 0.364 e. The first-order valence-corrected chi connectivity index (χ1v) is 11.6. The number of nitrogens with zero attached hydrogens (tertiary/aromatic N) is 4. The summed E-state index contributed by atoms with van der Waals surface area (Å²) >= 11 is 0. The third-order valence-electron chi connectivity index (χ3n) is 7.01. The van der Waals surface area contributed by atoms with Crippen LogP contribution in [0.25, 0.3) is 0 Å². The Labute approximate surface area is 198 Å². The molecule has 2 N–H and O–H groups in total. The molecular formula is C22H34N4O8. The Bertz CT molecular complexity index is 870. The van der Waals surface area contributed by atoms with Gasteiger partial charge in [0.2, 0.25) is 0 Å². The molecule has 12 heteroatoms. The summed E-state index contributed by atoms with van der Waals surface area (Å²) in [5.74, 6) is -4.06. The molecule has 4 saturated heterocycles. The number of hydrogen-bond donors (Lipinski definition) is 2. The zero-order valence-electron chi connectivity index (χ0n) is 20.5. The van der Waals surface area contributed by atoms with E-state index in [1.807, 2.05) is 13.8 Å². The van der Waals surface area contributed by atoms with Gasteiger partial charge in [-0.05, 0) is 19.3 Å². The van der Waals surface area contributed by atoms with Gasteiger partial charge in [-0.15, -0.1) is 0 Å². The van der Waals surface area contributed by atoms with Gasteiger partial charge in [-0.25, -0.2) is 19.4 Å². The molecule has 0 aromatic carbocycles. The summed E-state index contributed by atoms with van der Waals surface area (Å²) < 4.78 is 10.2. The van der Waals surface area contributed by atoms with E-state index in [1.165, 1.54) is 19.6 Å². The summed E-state index contributed by atoms with van der Waals surface area (Å²) in [6.07, 6.45) is -1.98. The first-order valence-electron chi connectivity index (χ1n) is 11.6. The van der Waals surface area contributed by atoms with Gasteiger partial charge >= 0.3 is 23.4 Å². The highest BCUT2D eigenvalue weighted by atomic mass is 16.6. The number of esters is 2. The third-order valence-corrected chi connectivity index (χ3v) is 7.01. The van der Waals surface area contributed by atoms with E-state index in [4.69, 9.17) is 9.47 Å². The van der Waals surface area contributed by atoms with Crippen molar-refractivity contribution in [2.45, 2.75) is 65.3 Å². The first-order chi connectivity index (χ1) is 15.7. The van der Waals surface area contributed by atoms with Crippen LogP contribution in [0.2, 0.25) is 0 Å². The van der Waals surface area contributed by atoms with Crippen molar-refractivity contribution in [1.82, 2.24) is 19.6 Å². The zero-order valence-corrected chi connectivity index (χ0v) is 20.5. The van der Waals surface area contributed by atoms with Gasteiger partial charge < -0.3 is 29.5 Å². The molecule has 0 aromatic heterocycles. The van der Waals surface area contributed by atoms with Crippen LogP contribution in [0.3, 0.4) is 0 Å². The lowest BCUT2D eigenvalue weighted by Crippen LogP contribution is -2.92. The molecule has 0 aromatic rings. The van der Waals surface area contributed by atoms with Crippen molar-refractivity contribution in [2.24, 2.45) is 10.8 Å². The lowest BCUT2D eigenvalue weighted by molar-refractivity contribution is -0.311. The Morgan fingerprint density at radius 2 is 1.12 bits per heavy atom. The lowest BCUT2D eigenvalue weighted by atomic mass is 9.78. The van der Waals surface area contributed by atoms with Crippen molar-refractivity contribution in [3.05, 3.63) is 0 Å². The second-order valence-corrected chi connectivity index (χ2v) is 11.1. The second kappa shape index (κ2) is 7.61. The Morgan fingerprint density at radius 1 is 0.765 bits per heavy atom. The molecule has 34 heavy (non-hydrogen) atoms. The number of ether oxygens (including phenoxy) is 2. The monoisotopic (exact) mass is 482 g/mol. The number of piperazine rings is 2. The van der Waals surface area contributed by atoms with E-state index >= 15 is 0 Å². The largest absolute Gasteiger partial charge is 0.462 e. The minimum Gasteiger partial charge on any atom is -0.462 e. The molecule has 0 spiro atoms. The highest BCUT2D eigenvalue weighted by molar-refractivity contribution is 6.09. The number of aliphatic hydroxyl groups is 2. The number of carbonyl (C=O) groups excluding carboxylic acids is 4. The Kier molecular flexibility index (Phi) is 5.56. The standard InChI is InChI=1S/C22H34N4O8/c1-7-33-17(29)21(31)15(27)23-9-19(3,4)10-24-13(23)14-25(21)11-20(5,6)12-26(14)22(32,16(24)28)18(30)34-8-2/h13-14,31-32H,7-12H2,1-6H3/t13?,14?,21-,22+. The average molecular weight is 483 g/mol. The molecule has 190 valence electrons. The lowest BCUT2D eigenvalue weighted by Gasteiger charge is -2.69. The molecule has 0 radical (unpaired) electrons. The second-order valence-electron chi connectivity index (χ2n) is 11.1. The Hall–Kier alpha value is -2.28. The fourth-order valence-electron chi connectivity index (χ4n) is 5.81. The molecule has 0 bridgehead atoms. The van der Waals surface area contributed by atoms with Crippen molar-refractivity contribution < 1.29 is 38.9 Å². The highest BCUT2D eigenvalue weighted by Crippen LogP contribution is 2.49. The van der Waals surface area contributed by atoms with E-state index in [-0.39, 0.29) is 39.4 Å². The van der Waals surface area contributed by atoms with Gasteiger partial charge in [0.15, 0.2) is 0 Å². The van der Waals surface area contributed by atoms with Gasteiger partial charge in [-0.3, -0.25) is 9.59 Å². The van der Waals surface area contributed by atoms with Crippen LogP contribution in [0.1, 0.15) is 41.5 Å². The summed E-state index contributed by atoms with van der Waals surface area (Å²) in [7, 11) is 0. The first kappa shape index (κ1) is 24.8. The normalized spacial score (nSPS) is 36.7. The number of amides is 2. The molecule has 4 rings (SSSR count). The smallest absolute Gasteiger partial charge is 0.364 e. The molecule has 12 nitrogen and oxygen atoms in total. The van der Waals surface area contributed by atoms with E-state index in [9.17, 15) is 29.4 Å². The highest BCUT2D eigenvalue weighted by Gasteiger charge is 2.74. The third kappa shape index (κ3) is 3.19. The predicted octanol–water partition coefficient (Wildman–Crippen LogP) is -1.49. The molecule has 4 heterocycles. The van der Waals surface area contributed by atoms with Crippen LogP contribution in [0.15, 0.2) is 0 Å². The van der Waals surface area contributed by atoms with Crippen molar-refractivity contribution >= 4 is 23.8 Å². The van der Waals surface area contributed by atoms with Crippen molar-refractivity contribution in [3.8, 4) is 0 Å². The van der Waals surface area contributed by atoms with E-state index in [0.717, 1.165) is 0 Å². The summed E-state index contributed by atoms with van der Waals surface area (Å²) in [5.41, 5.74) is -6.77. The molecule has 4 aliphatic heterocycles. The number of carbonyl (C=O) groups is 4. The van der Waals surface area contributed by atoms with Crippen molar-refractivity contribution in [3.63, 3.8) is 0 Å². The average Bonchev–Trinajstić information content (AvgIpc) is 2.74. The van der Waals surface area contributed by atoms with Crippen LogP contribution in [-0.2, 0) is 28.7 Å². The maximum atomic E-state index is 13.8.